The number of imidazole rings is 1. The molecule has 0 aliphatic carbocycles. The van der Waals surface area contributed by atoms with E-state index in [1.165, 1.54) is 0 Å². The van der Waals surface area contributed by atoms with Crippen LogP contribution in [0.25, 0.3) is 0 Å². The van der Waals surface area contributed by atoms with Crippen molar-refractivity contribution in [1.82, 2.24) is 24.8 Å². The number of nitrogens with one attached hydrogen (secondary N) is 1. The third-order valence-corrected chi connectivity index (χ3v) is 6.00. The average molecular weight is 452 g/mol. The topological polar surface area (TPSA) is 80.1 Å². The maximum Gasteiger partial charge on any atom is 0.271 e. The van der Waals surface area contributed by atoms with E-state index in [0.29, 0.717) is 43.1 Å². The first-order chi connectivity index (χ1) is 16.7. The van der Waals surface area contributed by atoms with Crippen LogP contribution >= 0.6 is 0 Å². The SMILES string of the molecule is O=C(NCCc1cccnc1)c1cn2c(n1)C(c1ccccc1)N(C(=O)c1ccccc1)CC2. The Hall–Kier alpha value is -4.26. The summed E-state index contributed by atoms with van der Waals surface area (Å²) >= 11 is 0. The summed E-state index contributed by atoms with van der Waals surface area (Å²) in [5.74, 6) is 0.420. The molecule has 4 aromatic rings. The van der Waals surface area contributed by atoms with Gasteiger partial charge in [0.05, 0.1) is 0 Å². The molecule has 34 heavy (non-hydrogen) atoms. The Morgan fingerprint density at radius 2 is 1.71 bits per heavy atom. The summed E-state index contributed by atoms with van der Waals surface area (Å²) in [6, 6.07) is 22.6. The van der Waals surface area contributed by atoms with Crippen LogP contribution in [-0.2, 0) is 13.0 Å². The summed E-state index contributed by atoms with van der Waals surface area (Å²) in [6.45, 7) is 1.60. The molecular weight excluding hydrogens is 426 g/mol. The number of rotatable bonds is 6. The quantitative estimate of drug-likeness (QED) is 0.487. The minimum absolute atomic E-state index is 0.0498. The number of nitrogens with zero attached hydrogens (tertiary/aromatic N) is 4. The first-order valence-electron chi connectivity index (χ1n) is 11.4. The largest absolute Gasteiger partial charge is 0.350 e. The lowest BCUT2D eigenvalue weighted by Gasteiger charge is -2.36. The van der Waals surface area contributed by atoms with E-state index in [0.717, 1.165) is 11.1 Å². The van der Waals surface area contributed by atoms with Gasteiger partial charge in [-0.3, -0.25) is 14.6 Å². The summed E-state index contributed by atoms with van der Waals surface area (Å²) in [5, 5.41) is 2.95. The van der Waals surface area contributed by atoms with Crippen molar-refractivity contribution in [2.24, 2.45) is 0 Å². The molecule has 3 heterocycles. The number of carbonyl (C=O) groups excluding carboxylic acids is 2. The number of fused-ring (bicyclic) bond motifs is 1. The van der Waals surface area contributed by atoms with Crippen LogP contribution in [0.4, 0.5) is 0 Å². The van der Waals surface area contributed by atoms with E-state index in [1.54, 1.807) is 18.6 Å². The van der Waals surface area contributed by atoms with Crippen LogP contribution in [0.2, 0.25) is 0 Å². The molecule has 1 aliphatic heterocycles. The molecule has 2 aromatic carbocycles. The Morgan fingerprint density at radius 1 is 0.941 bits per heavy atom. The van der Waals surface area contributed by atoms with Crippen molar-refractivity contribution >= 4 is 11.8 Å². The van der Waals surface area contributed by atoms with Crippen LogP contribution in [0.1, 0.15) is 43.8 Å². The van der Waals surface area contributed by atoms with Gasteiger partial charge in [-0.25, -0.2) is 4.98 Å². The van der Waals surface area contributed by atoms with Crippen LogP contribution in [0.3, 0.4) is 0 Å². The Kier molecular flexibility index (Phi) is 6.16. The van der Waals surface area contributed by atoms with Gasteiger partial charge < -0.3 is 14.8 Å². The Labute approximate surface area is 198 Å². The first kappa shape index (κ1) is 21.6. The monoisotopic (exact) mass is 451 g/mol. The van der Waals surface area contributed by atoms with Gasteiger partial charge in [0.15, 0.2) is 0 Å². The highest BCUT2D eigenvalue weighted by Gasteiger charge is 2.35. The summed E-state index contributed by atoms with van der Waals surface area (Å²) < 4.78 is 1.99. The maximum atomic E-state index is 13.4. The van der Waals surface area contributed by atoms with E-state index >= 15 is 0 Å². The van der Waals surface area contributed by atoms with Gasteiger partial charge in [0, 0.05) is 43.8 Å². The Balaban J connectivity index is 1.40. The van der Waals surface area contributed by atoms with Crippen molar-refractivity contribution in [2.45, 2.75) is 19.0 Å². The third-order valence-electron chi connectivity index (χ3n) is 6.00. The van der Waals surface area contributed by atoms with Gasteiger partial charge in [-0.2, -0.15) is 0 Å². The van der Waals surface area contributed by atoms with Crippen molar-refractivity contribution in [3.8, 4) is 0 Å². The van der Waals surface area contributed by atoms with Gasteiger partial charge >= 0.3 is 0 Å². The molecule has 0 radical (unpaired) electrons. The fraction of sp³-hybridized carbons (Fsp3) is 0.185. The number of carbonyl (C=O) groups is 2. The van der Waals surface area contributed by atoms with Gasteiger partial charge in [-0.1, -0.05) is 54.6 Å². The number of pyridine rings is 1. The van der Waals surface area contributed by atoms with Crippen LogP contribution in [0.5, 0.6) is 0 Å². The molecule has 1 N–H and O–H groups in total. The minimum Gasteiger partial charge on any atom is -0.350 e. The summed E-state index contributed by atoms with van der Waals surface area (Å²) in [4.78, 5) is 36.9. The predicted molar refractivity (Wildman–Crippen MR) is 128 cm³/mol. The molecule has 170 valence electrons. The zero-order valence-corrected chi connectivity index (χ0v) is 18.7. The highest BCUT2D eigenvalue weighted by molar-refractivity contribution is 5.95. The highest BCUT2D eigenvalue weighted by atomic mass is 16.2. The molecule has 0 fully saturated rings. The van der Waals surface area contributed by atoms with Gasteiger partial charge in [0.2, 0.25) is 0 Å². The fourth-order valence-electron chi connectivity index (χ4n) is 4.31. The van der Waals surface area contributed by atoms with E-state index in [1.807, 2.05) is 82.3 Å². The predicted octanol–water partition coefficient (Wildman–Crippen LogP) is 3.50. The van der Waals surface area contributed by atoms with Crippen LogP contribution in [-0.4, -0.2) is 44.3 Å². The van der Waals surface area contributed by atoms with Crippen molar-refractivity contribution in [1.29, 1.82) is 0 Å². The molecule has 0 saturated heterocycles. The van der Waals surface area contributed by atoms with Gasteiger partial charge in [-0.05, 0) is 35.7 Å². The molecule has 1 aliphatic rings. The smallest absolute Gasteiger partial charge is 0.271 e. The number of hydrogen-bond donors (Lipinski definition) is 1. The number of aromatic nitrogens is 3. The fourth-order valence-corrected chi connectivity index (χ4v) is 4.31. The van der Waals surface area contributed by atoms with E-state index in [-0.39, 0.29) is 17.9 Å². The molecule has 5 rings (SSSR count). The number of hydrogen-bond acceptors (Lipinski definition) is 4. The van der Waals surface area contributed by atoms with Crippen molar-refractivity contribution in [3.05, 3.63) is 120 Å². The van der Waals surface area contributed by atoms with Crippen molar-refractivity contribution < 1.29 is 9.59 Å². The lowest BCUT2D eigenvalue weighted by molar-refractivity contribution is 0.0658. The lowest BCUT2D eigenvalue weighted by atomic mass is 10.0. The van der Waals surface area contributed by atoms with Crippen LogP contribution < -0.4 is 5.32 Å². The van der Waals surface area contributed by atoms with Gasteiger partial charge in [0.1, 0.15) is 17.6 Å². The zero-order chi connectivity index (χ0) is 23.3. The summed E-state index contributed by atoms with van der Waals surface area (Å²) in [6.07, 6.45) is 6.01. The number of amides is 2. The molecular formula is C27H25N5O2. The molecule has 1 atom stereocenters. The molecule has 7 heteroatoms. The molecule has 1 unspecified atom stereocenters. The van der Waals surface area contributed by atoms with Crippen LogP contribution in [0, 0.1) is 0 Å². The first-order valence-corrected chi connectivity index (χ1v) is 11.4. The normalized spacial score (nSPS) is 14.9. The minimum atomic E-state index is -0.375. The summed E-state index contributed by atoms with van der Waals surface area (Å²) in [5.41, 5.74) is 3.01. The molecule has 7 nitrogen and oxygen atoms in total. The summed E-state index contributed by atoms with van der Waals surface area (Å²) in [7, 11) is 0. The van der Waals surface area contributed by atoms with Gasteiger partial charge in [0.25, 0.3) is 11.8 Å². The van der Waals surface area contributed by atoms with Crippen LogP contribution in [0.15, 0.2) is 91.4 Å². The molecule has 0 bridgehead atoms. The lowest BCUT2D eigenvalue weighted by Crippen LogP contribution is -2.42. The van der Waals surface area contributed by atoms with Crippen molar-refractivity contribution in [3.63, 3.8) is 0 Å². The Bertz CT molecular complexity index is 1270. The highest BCUT2D eigenvalue weighted by Crippen LogP contribution is 2.32. The second kappa shape index (κ2) is 9.70. The molecule has 2 amide bonds. The maximum absolute atomic E-state index is 13.4. The average Bonchev–Trinajstić information content (AvgIpc) is 3.34. The standard InChI is InChI=1S/C27H25N5O2/c33-26(29-15-13-20-8-7-14-28-18-20)23-19-31-16-17-32(27(34)22-11-5-2-6-12-22)24(25(31)30-23)21-9-3-1-4-10-21/h1-12,14,18-19,24H,13,15-17H2,(H,29,33). The van der Waals surface area contributed by atoms with E-state index in [9.17, 15) is 9.59 Å². The van der Waals surface area contributed by atoms with E-state index < -0.39 is 0 Å². The molecule has 0 saturated carbocycles. The molecule has 0 spiro atoms. The second-order valence-electron chi connectivity index (χ2n) is 8.22. The second-order valence-corrected chi connectivity index (χ2v) is 8.22. The Morgan fingerprint density at radius 3 is 2.44 bits per heavy atom. The zero-order valence-electron chi connectivity index (χ0n) is 18.7. The number of benzene rings is 2. The van der Waals surface area contributed by atoms with E-state index in [2.05, 4.69) is 10.3 Å². The van der Waals surface area contributed by atoms with E-state index in [4.69, 9.17) is 4.98 Å². The van der Waals surface area contributed by atoms with Crippen molar-refractivity contribution in [2.75, 3.05) is 13.1 Å². The van der Waals surface area contributed by atoms with Gasteiger partial charge in [-0.15, -0.1) is 0 Å². The molecule has 2 aromatic heterocycles. The third kappa shape index (κ3) is 4.45.